The number of morpholine rings is 1. The number of aryl methyl sites for hydroxylation is 1. The summed E-state index contributed by atoms with van der Waals surface area (Å²) in [7, 11) is 0. The van der Waals surface area contributed by atoms with Crippen LogP contribution in [0.1, 0.15) is 12.5 Å². The molecule has 1 aliphatic rings. The Morgan fingerprint density at radius 3 is 2.74 bits per heavy atom. The van der Waals surface area contributed by atoms with Crippen molar-refractivity contribution in [3.63, 3.8) is 0 Å². The number of halogens is 1. The summed E-state index contributed by atoms with van der Waals surface area (Å²) in [4.78, 5) is 14.0. The van der Waals surface area contributed by atoms with Crippen molar-refractivity contribution in [2.75, 3.05) is 26.3 Å². The average molecular weight is 284 g/mol. The van der Waals surface area contributed by atoms with Crippen molar-refractivity contribution in [1.82, 2.24) is 4.90 Å². The standard InChI is InChI=1S/C14H18ClNO3/c1-10-9-12(15)3-4-13(10)19-11(2)14(17)16-5-7-18-8-6-16/h3-4,9,11H,5-8H2,1-2H3. The van der Waals surface area contributed by atoms with Gasteiger partial charge in [-0.1, -0.05) is 11.6 Å². The summed E-state index contributed by atoms with van der Waals surface area (Å²) in [6.45, 7) is 6.13. The van der Waals surface area contributed by atoms with Crippen LogP contribution in [0.4, 0.5) is 0 Å². The van der Waals surface area contributed by atoms with Crippen LogP contribution >= 0.6 is 11.6 Å². The molecule has 0 bridgehead atoms. The highest BCUT2D eigenvalue weighted by Gasteiger charge is 2.24. The molecule has 2 rings (SSSR count). The minimum Gasteiger partial charge on any atom is -0.481 e. The summed E-state index contributed by atoms with van der Waals surface area (Å²) in [5, 5.41) is 0.664. The Hall–Kier alpha value is -1.26. The second-order valence-corrected chi connectivity index (χ2v) is 5.04. The number of hydrogen-bond donors (Lipinski definition) is 0. The molecule has 1 unspecified atom stereocenters. The molecule has 5 heteroatoms. The van der Waals surface area contributed by atoms with Crippen molar-refractivity contribution in [3.8, 4) is 5.75 Å². The van der Waals surface area contributed by atoms with E-state index >= 15 is 0 Å². The third-order valence-corrected chi connectivity index (χ3v) is 3.35. The molecular formula is C14H18ClNO3. The number of benzene rings is 1. The van der Waals surface area contributed by atoms with Gasteiger partial charge >= 0.3 is 0 Å². The van der Waals surface area contributed by atoms with Gasteiger partial charge in [0.2, 0.25) is 0 Å². The average Bonchev–Trinajstić information content (AvgIpc) is 2.42. The van der Waals surface area contributed by atoms with Crippen molar-refractivity contribution >= 4 is 17.5 Å². The van der Waals surface area contributed by atoms with Crippen LogP contribution in [0, 0.1) is 6.92 Å². The lowest BCUT2D eigenvalue weighted by Gasteiger charge is -2.29. The molecule has 0 radical (unpaired) electrons. The maximum Gasteiger partial charge on any atom is 0.263 e. The summed E-state index contributed by atoms with van der Waals surface area (Å²) in [6, 6.07) is 5.37. The predicted molar refractivity (Wildman–Crippen MR) is 73.7 cm³/mol. The normalized spacial score (nSPS) is 17.1. The molecule has 1 aromatic rings. The van der Waals surface area contributed by atoms with Gasteiger partial charge in [0.25, 0.3) is 5.91 Å². The van der Waals surface area contributed by atoms with Crippen LogP contribution in [-0.2, 0) is 9.53 Å². The molecule has 19 heavy (non-hydrogen) atoms. The minimum absolute atomic E-state index is 0.00218. The van der Waals surface area contributed by atoms with Gasteiger partial charge in [0.15, 0.2) is 6.10 Å². The molecule has 0 N–H and O–H groups in total. The Morgan fingerprint density at radius 2 is 2.11 bits per heavy atom. The first-order chi connectivity index (χ1) is 9.08. The SMILES string of the molecule is Cc1cc(Cl)ccc1OC(C)C(=O)N1CCOCC1. The molecule has 1 fully saturated rings. The number of ether oxygens (including phenoxy) is 2. The zero-order chi connectivity index (χ0) is 13.8. The van der Waals surface area contributed by atoms with E-state index in [0.717, 1.165) is 5.56 Å². The third kappa shape index (κ3) is 3.61. The van der Waals surface area contributed by atoms with Crippen molar-refractivity contribution < 1.29 is 14.3 Å². The summed E-state index contributed by atoms with van der Waals surface area (Å²) >= 11 is 5.89. The van der Waals surface area contributed by atoms with Crippen molar-refractivity contribution in [1.29, 1.82) is 0 Å². The molecule has 0 aromatic heterocycles. The van der Waals surface area contributed by atoms with E-state index in [0.29, 0.717) is 37.1 Å². The summed E-state index contributed by atoms with van der Waals surface area (Å²) in [6.07, 6.45) is -0.502. The number of rotatable bonds is 3. The van der Waals surface area contributed by atoms with Gasteiger partial charge in [-0.2, -0.15) is 0 Å². The minimum atomic E-state index is -0.502. The van der Waals surface area contributed by atoms with Crippen LogP contribution in [0.2, 0.25) is 5.02 Å². The number of carbonyl (C=O) groups excluding carboxylic acids is 1. The van der Waals surface area contributed by atoms with Crippen LogP contribution in [0.5, 0.6) is 5.75 Å². The van der Waals surface area contributed by atoms with Crippen LogP contribution in [0.25, 0.3) is 0 Å². The number of hydrogen-bond acceptors (Lipinski definition) is 3. The smallest absolute Gasteiger partial charge is 0.263 e. The van der Waals surface area contributed by atoms with Gasteiger partial charge in [-0.05, 0) is 37.6 Å². The molecule has 1 saturated heterocycles. The summed E-state index contributed by atoms with van der Waals surface area (Å²) < 4.78 is 11.0. The Labute approximate surface area is 118 Å². The van der Waals surface area contributed by atoms with E-state index in [9.17, 15) is 4.79 Å². The fraction of sp³-hybridized carbons (Fsp3) is 0.500. The van der Waals surface area contributed by atoms with E-state index < -0.39 is 6.10 Å². The van der Waals surface area contributed by atoms with E-state index in [1.807, 2.05) is 13.0 Å². The lowest BCUT2D eigenvalue weighted by molar-refractivity contribution is -0.142. The topological polar surface area (TPSA) is 38.8 Å². The highest BCUT2D eigenvalue weighted by Crippen LogP contribution is 2.23. The molecule has 1 atom stereocenters. The Bertz CT molecular complexity index is 458. The maximum absolute atomic E-state index is 12.2. The first-order valence-electron chi connectivity index (χ1n) is 6.37. The fourth-order valence-corrected chi connectivity index (χ4v) is 2.25. The number of nitrogens with zero attached hydrogens (tertiary/aromatic N) is 1. The quantitative estimate of drug-likeness (QED) is 0.854. The van der Waals surface area contributed by atoms with Crippen LogP contribution in [0.15, 0.2) is 18.2 Å². The van der Waals surface area contributed by atoms with Crippen molar-refractivity contribution in [2.24, 2.45) is 0 Å². The second kappa shape index (κ2) is 6.26. The zero-order valence-electron chi connectivity index (χ0n) is 11.2. The molecule has 0 saturated carbocycles. The monoisotopic (exact) mass is 283 g/mol. The number of carbonyl (C=O) groups is 1. The largest absolute Gasteiger partial charge is 0.481 e. The Kier molecular flexibility index (Phi) is 4.66. The molecule has 1 aromatic carbocycles. The van der Waals surface area contributed by atoms with Gasteiger partial charge in [0.1, 0.15) is 5.75 Å². The van der Waals surface area contributed by atoms with E-state index in [-0.39, 0.29) is 5.91 Å². The summed E-state index contributed by atoms with van der Waals surface area (Å²) in [5.74, 6) is 0.691. The molecule has 0 aliphatic carbocycles. The number of amides is 1. The highest BCUT2D eigenvalue weighted by atomic mass is 35.5. The molecule has 1 amide bonds. The van der Waals surface area contributed by atoms with Gasteiger partial charge in [-0.25, -0.2) is 0 Å². The lowest BCUT2D eigenvalue weighted by atomic mass is 10.2. The molecular weight excluding hydrogens is 266 g/mol. The van der Waals surface area contributed by atoms with Gasteiger partial charge in [0.05, 0.1) is 13.2 Å². The highest BCUT2D eigenvalue weighted by molar-refractivity contribution is 6.30. The molecule has 0 spiro atoms. The second-order valence-electron chi connectivity index (χ2n) is 4.61. The van der Waals surface area contributed by atoms with E-state index in [1.54, 1.807) is 24.0 Å². The predicted octanol–water partition coefficient (Wildman–Crippen LogP) is 2.27. The lowest BCUT2D eigenvalue weighted by Crippen LogP contribution is -2.46. The zero-order valence-corrected chi connectivity index (χ0v) is 11.9. The van der Waals surface area contributed by atoms with Gasteiger partial charge in [-0.15, -0.1) is 0 Å². The van der Waals surface area contributed by atoms with Crippen molar-refractivity contribution in [3.05, 3.63) is 28.8 Å². The van der Waals surface area contributed by atoms with Gasteiger partial charge < -0.3 is 14.4 Å². The van der Waals surface area contributed by atoms with E-state index in [4.69, 9.17) is 21.1 Å². The summed E-state index contributed by atoms with van der Waals surface area (Å²) in [5.41, 5.74) is 0.925. The van der Waals surface area contributed by atoms with Gasteiger partial charge in [0, 0.05) is 18.1 Å². The Morgan fingerprint density at radius 1 is 1.42 bits per heavy atom. The first kappa shape index (κ1) is 14.2. The van der Waals surface area contributed by atoms with E-state index in [1.165, 1.54) is 0 Å². The van der Waals surface area contributed by atoms with Crippen LogP contribution < -0.4 is 4.74 Å². The Balaban J connectivity index is 1.99. The van der Waals surface area contributed by atoms with Crippen molar-refractivity contribution in [2.45, 2.75) is 20.0 Å². The van der Waals surface area contributed by atoms with Crippen LogP contribution in [0.3, 0.4) is 0 Å². The molecule has 1 aliphatic heterocycles. The molecule has 4 nitrogen and oxygen atoms in total. The fourth-order valence-electron chi connectivity index (χ4n) is 2.03. The molecule has 1 heterocycles. The van der Waals surface area contributed by atoms with Gasteiger partial charge in [-0.3, -0.25) is 4.79 Å². The first-order valence-corrected chi connectivity index (χ1v) is 6.75. The maximum atomic E-state index is 12.2. The third-order valence-electron chi connectivity index (χ3n) is 3.11. The van der Waals surface area contributed by atoms with Crippen LogP contribution in [-0.4, -0.2) is 43.2 Å². The molecule has 104 valence electrons. The van der Waals surface area contributed by atoms with E-state index in [2.05, 4.69) is 0 Å².